The number of aromatic nitrogens is 2. The summed E-state index contributed by atoms with van der Waals surface area (Å²) in [5.41, 5.74) is 1.26. The normalized spacial score (nSPS) is 12.8. The van der Waals surface area contributed by atoms with Crippen LogP contribution in [0.15, 0.2) is 16.2 Å². The van der Waals surface area contributed by atoms with Crippen LogP contribution in [0.2, 0.25) is 0 Å². The number of carboxylic acids is 1. The zero-order chi connectivity index (χ0) is 13.3. The zero-order valence-electron chi connectivity index (χ0n) is 10.0. The standard InChI is InChI=1S/C11H13N3O3S/c1-6-5-18-11-13-8(3-9(15)14(6)11)4-12-7(2)10(16)17/h3,5,7,12H,4H2,1-2H3,(H,16,17). The molecule has 1 atom stereocenters. The maximum atomic E-state index is 11.8. The van der Waals surface area contributed by atoms with Crippen molar-refractivity contribution in [3.63, 3.8) is 0 Å². The predicted octanol–water partition coefficient (Wildman–Crippen LogP) is 0.627. The molecule has 2 rings (SSSR count). The molecule has 0 aliphatic rings. The van der Waals surface area contributed by atoms with Crippen LogP contribution in [-0.2, 0) is 11.3 Å². The van der Waals surface area contributed by atoms with Gasteiger partial charge in [0.25, 0.3) is 5.56 Å². The minimum Gasteiger partial charge on any atom is -0.480 e. The van der Waals surface area contributed by atoms with Gasteiger partial charge in [-0.2, -0.15) is 0 Å². The number of fused-ring (bicyclic) bond motifs is 1. The van der Waals surface area contributed by atoms with Gasteiger partial charge in [0, 0.05) is 23.7 Å². The lowest BCUT2D eigenvalue weighted by molar-refractivity contribution is -0.139. The molecule has 0 bridgehead atoms. The molecule has 0 aliphatic heterocycles. The highest BCUT2D eigenvalue weighted by Gasteiger charge is 2.11. The lowest BCUT2D eigenvalue weighted by Gasteiger charge is -2.08. The van der Waals surface area contributed by atoms with Crippen LogP contribution >= 0.6 is 11.3 Å². The molecule has 7 heteroatoms. The third kappa shape index (κ3) is 2.41. The van der Waals surface area contributed by atoms with Crippen molar-refractivity contribution >= 4 is 22.3 Å². The highest BCUT2D eigenvalue weighted by Crippen LogP contribution is 2.11. The Hall–Kier alpha value is -1.73. The second-order valence-electron chi connectivity index (χ2n) is 4.02. The van der Waals surface area contributed by atoms with Crippen LogP contribution in [0.1, 0.15) is 18.3 Å². The number of carbonyl (C=O) groups is 1. The van der Waals surface area contributed by atoms with E-state index in [1.54, 1.807) is 6.92 Å². The Labute approximate surface area is 107 Å². The summed E-state index contributed by atoms with van der Waals surface area (Å²) in [6, 6.07) is 0.754. The first kappa shape index (κ1) is 12.7. The third-order valence-electron chi connectivity index (χ3n) is 2.59. The summed E-state index contributed by atoms with van der Waals surface area (Å²) >= 11 is 1.39. The van der Waals surface area contributed by atoms with Gasteiger partial charge in [-0.15, -0.1) is 11.3 Å². The van der Waals surface area contributed by atoms with Gasteiger partial charge in [-0.25, -0.2) is 4.98 Å². The average molecular weight is 267 g/mol. The van der Waals surface area contributed by atoms with Gasteiger partial charge in [0.2, 0.25) is 0 Å². The van der Waals surface area contributed by atoms with Gasteiger partial charge in [0.1, 0.15) is 6.04 Å². The SMILES string of the molecule is Cc1csc2nc(CNC(C)C(=O)O)cc(=O)n12. The van der Waals surface area contributed by atoms with Gasteiger partial charge in [0.15, 0.2) is 4.96 Å². The van der Waals surface area contributed by atoms with Gasteiger partial charge < -0.3 is 5.11 Å². The molecule has 0 saturated carbocycles. The van der Waals surface area contributed by atoms with Gasteiger partial charge in [-0.3, -0.25) is 19.3 Å². The Bertz CT molecular complexity index is 647. The fraction of sp³-hybridized carbons (Fsp3) is 0.364. The predicted molar refractivity (Wildman–Crippen MR) is 68.0 cm³/mol. The van der Waals surface area contributed by atoms with Crippen molar-refractivity contribution < 1.29 is 9.90 Å². The highest BCUT2D eigenvalue weighted by atomic mass is 32.1. The second kappa shape index (κ2) is 4.87. The lowest BCUT2D eigenvalue weighted by Crippen LogP contribution is -2.33. The second-order valence-corrected chi connectivity index (χ2v) is 4.86. The molecule has 2 N–H and O–H groups in total. The molecular weight excluding hydrogens is 254 g/mol. The van der Waals surface area contributed by atoms with Crippen molar-refractivity contribution in [1.29, 1.82) is 0 Å². The molecular formula is C11H13N3O3S. The quantitative estimate of drug-likeness (QED) is 0.848. The summed E-state index contributed by atoms with van der Waals surface area (Å²) in [5, 5.41) is 13.4. The van der Waals surface area contributed by atoms with Crippen LogP contribution in [0.25, 0.3) is 4.96 Å². The van der Waals surface area contributed by atoms with Crippen LogP contribution in [0, 0.1) is 6.92 Å². The maximum Gasteiger partial charge on any atom is 0.320 e. The molecule has 0 fully saturated rings. The molecule has 0 amide bonds. The van der Waals surface area contributed by atoms with Crippen molar-refractivity contribution in [3.8, 4) is 0 Å². The summed E-state index contributed by atoms with van der Waals surface area (Å²) in [4.78, 5) is 27.4. The van der Waals surface area contributed by atoms with Crippen molar-refractivity contribution in [2.45, 2.75) is 26.4 Å². The largest absolute Gasteiger partial charge is 0.480 e. The van der Waals surface area contributed by atoms with Crippen LogP contribution < -0.4 is 10.9 Å². The van der Waals surface area contributed by atoms with E-state index in [2.05, 4.69) is 10.3 Å². The van der Waals surface area contributed by atoms with E-state index in [9.17, 15) is 9.59 Å². The van der Waals surface area contributed by atoms with Crippen LogP contribution in [0.5, 0.6) is 0 Å². The average Bonchev–Trinajstić information content (AvgIpc) is 2.68. The molecule has 1 unspecified atom stereocenters. The molecule has 96 valence electrons. The Morgan fingerprint density at radius 2 is 2.39 bits per heavy atom. The number of nitrogens with zero attached hydrogens (tertiary/aromatic N) is 2. The van der Waals surface area contributed by atoms with E-state index >= 15 is 0 Å². The molecule has 2 aromatic heterocycles. The van der Waals surface area contributed by atoms with Crippen LogP contribution in [-0.4, -0.2) is 26.5 Å². The molecule has 6 nitrogen and oxygen atoms in total. The summed E-state index contributed by atoms with van der Waals surface area (Å²) in [6.07, 6.45) is 0. The van der Waals surface area contributed by atoms with E-state index in [0.717, 1.165) is 5.69 Å². The van der Waals surface area contributed by atoms with E-state index in [-0.39, 0.29) is 12.1 Å². The van der Waals surface area contributed by atoms with Gasteiger partial charge >= 0.3 is 5.97 Å². The molecule has 0 spiro atoms. The minimum atomic E-state index is -0.931. The third-order valence-corrected chi connectivity index (χ3v) is 3.53. The van der Waals surface area contributed by atoms with E-state index in [4.69, 9.17) is 5.11 Å². The van der Waals surface area contributed by atoms with Gasteiger partial charge in [0.05, 0.1) is 5.69 Å². The topological polar surface area (TPSA) is 83.7 Å². The molecule has 18 heavy (non-hydrogen) atoms. The smallest absolute Gasteiger partial charge is 0.320 e. The fourth-order valence-corrected chi connectivity index (χ4v) is 2.43. The van der Waals surface area contributed by atoms with Gasteiger partial charge in [-0.1, -0.05) is 0 Å². The Kier molecular flexibility index (Phi) is 3.44. The number of aryl methyl sites for hydroxylation is 1. The molecule has 0 aliphatic carbocycles. The number of aliphatic carboxylic acids is 1. The molecule has 0 aromatic carbocycles. The summed E-state index contributed by atoms with van der Waals surface area (Å²) in [6.45, 7) is 3.65. The number of hydrogen-bond acceptors (Lipinski definition) is 5. The minimum absolute atomic E-state index is 0.140. The highest BCUT2D eigenvalue weighted by molar-refractivity contribution is 7.15. The van der Waals surface area contributed by atoms with Crippen molar-refractivity contribution in [3.05, 3.63) is 33.2 Å². The molecule has 2 aromatic rings. The van der Waals surface area contributed by atoms with Crippen molar-refractivity contribution in [2.75, 3.05) is 0 Å². The number of rotatable bonds is 4. The van der Waals surface area contributed by atoms with Crippen molar-refractivity contribution in [2.24, 2.45) is 0 Å². The van der Waals surface area contributed by atoms with E-state index in [1.807, 2.05) is 12.3 Å². The number of carboxylic acid groups (broad SMARTS) is 1. The van der Waals surface area contributed by atoms with E-state index in [0.29, 0.717) is 10.7 Å². The Morgan fingerprint density at radius 3 is 3.06 bits per heavy atom. The summed E-state index contributed by atoms with van der Waals surface area (Å²) < 4.78 is 1.54. The maximum absolute atomic E-state index is 11.8. The van der Waals surface area contributed by atoms with E-state index < -0.39 is 12.0 Å². The zero-order valence-corrected chi connectivity index (χ0v) is 10.8. The molecule has 2 heterocycles. The fourth-order valence-electron chi connectivity index (χ4n) is 1.54. The molecule has 0 radical (unpaired) electrons. The monoisotopic (exact) mass is 267 g/mol. The molecule has 0 saturated heterocycles. The number of thiazole rings is 1. The Morgan fingerprint density at radius 1 is 1.67 bits per heavy atom. The van der Waals surface area contributed by atoms with E-state index in [1.165, 1.54) is 21.8 Å². The summed E-state index contributed by atoms with van der Waals surface area (Å²) in [5.74, 6) is -0.931. The van der Waals surface area contributed by atoms with Crippen molar-refractivity contribution in [1.82, 2.24) is 14.7 Å². The first-order valence-electron chi connectivity index (χ1n) is 5.42. The van der Waals surface area contributed by atoms with Gasteiger partial charge in [-0.05, 0) is 13.8 Å². The first-order valence-corrected chi connectivity index (χ1v) is 6.30. The van der Waals surface area contributed by atoms with Crippen LogP contribution in [0.4, 0.5) is 0 Å². The van der Waals surface area contributed by atoms with Crippen LogP contribution in [0.3, 0.4) is 0 Å². The summed E-state index contributed by atoms with van der Waals surface area (Å²) in [7, 11) is 0. The number of hydrogen-bond donors (Lipinski definition) is 2. The lowest BCUT2D eigenvalue weighted by atomic mass is 10.3. The Balaban J connectivity index is 2.25. The number of nitrogens with one attached hydrogen (secondary N) is 1. The first-order chi connectivity index (χ1) is 8.49.